The van der Waals surface area contributed by atoms with Crippen LogP contribution in [0.3, 0.4) is 0 Å². The van der Waals surface area contributed by atoms with E-state index in [2.05, 4.69) is 0 Å². The van der Waals surface area contributed by atoms with Gasteiger partial charge in [0.2, 0.25) is 0 Å². The Hall–Kier alpha value is -0.610. The average molecular weight is 146 g/mol. The van der Waals surface area contributed by atoms with Gasteiger partial charge in [0.25, 0.3) is 5.91 Å². The van der Waals surface area contributed by atoms with Crippen LogP contribution in [0.25, 0.3) is 0 Å². The number of rotatable bonds is 3. The highest BCUT2D eigenvalue weighted by atomic mass is 16.3. The first-order chi connectivity index (χ1) is 4.60. The molecule has 10 heavy (non-hydrogen) atoms. The van der Waals surface area contributed by atoms with Crippen molar-refractivity contribution in [1.82, 2.24) is 5.43 Å². The van der Waals surface area contributed by atoms with Gasteiger partial charge in [-0.25, -0.2) is 5.84 Å². The molecule has 0 aliphatic heterocycles. The monoisotopic (exact) mass is 146 g/mol. The van der Waals surface area contributed by atoms with Gasteiger partial charge in [-0.1, -0.05) is 13.8 Å². The minimum absolute atomic E-state index is 0.381. The number of amides is 1. The lowest BCUT2D eigenvalue weighted by atomic mass is 9.97. The van der Waals surface area contributed by atoms with Gasteiger partial charge < -0.3 is 5.11 Å². The standard InChI is InChI=1S/C6H14N2O2/c1-3-6(10,4-2)5(9)8-7/h10H,3-4,7H2,1-2H3,(H,8,9). The van der Waals surface area contributed by atoms with Crippen LogP contribution >= 0.6 is 0 Å². The van der Waals surface area contributed by atoms with Crippen LogP contribution in [0.2, 0.25) is 0 Å². The molecule has 0 radical (unpaired) electrons. The third kappa shape index (κ3) is 1.68. The molecule has 0 bridgehead atoms. The minimum atomic E-state index is -1.28. The molecular formula is C6H14N2O2. The van der Waals surface area contributed by atoms with Gasteiger partial charge in [0, 0.05) is 0 Å². The van der Waals surface area contributed by atoms with Crippen molar-refractivity contribution < 1.29 is 9.90 Å². The molecule has 0 spiro atoms. The molecule has 0 aromatic carbocycles. The largest absolute Gasteiger partial charge is 0.380 e. The molecule has 0 fully saturated rings. The first-order valence-electron chi connectivity index (χ1n) is 3.34. The molecule has 1 amide bonds. The predicted octanol–water partition coefficient (Wildman–Crippen LogP) is -0.473. The third-order valence-corrected chi connectivity index (χ3v) is 1.72. The van der Waals surface area contributed by atoms with Gasteiger partial charge in [-0.2, -0.15) is 0 Å². The average Bonchev–Trinajstić information content (AvgIpc) is 2.01. The Morgan fingerprint density at radius 3 is 2.10 bits per heavy atom. The minimum Gasteiger partial charge on any atom is -0.380 e. The van der Waals surface area contributed by atoms with Crippen molar-refractivity contribution in [3.63, 3.8) is 0 Å². The molecule has 0 heterocycles. The highest BCUT2D eigenvalue weighted by Gasteiger charge is 2.30. The van der Waals surface area contributed by atoms with E-state index in [1.54, 1.807) is 13.8 Å². The molecular weight excluding hydrogens is 132 g/mol. The molecule has 0 unspecified atom stereocenters. The van der Waals surface area contributed by atoms with Crippen LogP contribution < -0.4 is 11.3 Å². The molecule has 0 atom stereocenters. The molecule has 4 nitrogen and oxygen atoms in total. The van der Waals surface area contributed by atoms with Crippen LogP contribution in [0.5, 0.6) is 0 Å². The smallest absolute Gasteiger partial charge is 0.265 e. The van der Waals surface area contributed by atoms with Gasteiger partial charge in [0.05, 0.1) is 0 Å². The Kier molecular flexibility index (Phi) is 3.32. The molecule has 0 aliphatic rings. The lowest BCUT2D eigenvalue weighted by molar-refractivity contribution is -0.140. The zero-order valence-electron chi connectivity index (χ0n) is 6.35. The lowest BCUT2D eigenvalue weighted by Crippen LogP contribution is -2.48. The number of nitrogens with two attached hydrogens (primary N) is 1. The van der Waals surface area contributed by atoms with E-state index >= 15 is 0 Å². The number of nitrogens with one attached hydrogen (secondary N) is 1. The Balaban J connectivity index is 4.17. The maximum absolute atomic E-state index is 10.8. The summed E-state index contributed by atoms with van der Waals surface area (Å²) in [5, 5.41) is 9.41. The Labute approximate surface area is 60.4 Å². The van der Waals surface area contributed by atoms with Gasteiger partial charge in [-0.3, -0.25) is 10.2 Å². The van der Waals surface area contributed by atoms with Crippen molar-refractivity contribution >= 4 is 5.91 Å². The van der Waals surface area contributed by atoms with E-state index in [-0.39, 0.29) is 0 Å². The fourth-order valence-electron chi connectivity index (χ4n) is 0.705. The number of hydrogen-bond acceptors (Lipinski definition) is 3. The number of carbonyl (C=O) groups excluding carboxylic acids is 1. The van der Waals surface area contributed by atoms with Crippen molar-refractivity contribution in [2.24, 2.45) is 5.84 Å². The van der Waals surface area contributed by atoms with Crippen molar-refractivity contribution in [3.05, 3.63) is 0 Å². The van der Waals surface area contributed by atoms with Crippen LogP contribution in [0.15, 0.2) is 0 Å². The van der Waals surface area contributed by atoms with Crippen molar-refractivity contribution in [2.75, 3.05) is 0 Å². The van der Waals surface area contributed by atoms with Gasteiger partial charge in [-0.15, -0.1) is 0 Å². The fraction of sp³-hybridized carbons (Fsp3) is 0.833. The Bertz CT molecular complexity index is 121. The second-order valence-electron chi connectivity index (χ2n) is 2.21. The third-order valence-electron chi connectivity index (χ3n) is 1.72. The number of carbonyl (C=O) groups is 1. The summed E-state index contributed by atoms with van der Waals surface area (Å²) in [6.07, 6.45) is 0.763. The summed E-state index contributed by atoms with van der Waals surface area (Å²) in [6.45, 7) is 3.47. The van der Waals surface area contributed by atoms with Crippen molar-refractivity contribution in [1.29, 1.82) is 0 Å². The quantitative estimate of drug-likeness (QED) is 0.286. The second-order valence-corrected chi connectivity index (χ2v) is 2.21. The van der Waals surface area contributed by atoms with Gasteiger partial charge >= 0.3 is 0 Å². The van der Waals surface area contributed by atoms with Crippen LogP contribution in [0.4, 0.5) is 0 Å². The molecule has 60 valence electrons. The fourth-order valence-corrected chi connectivity index (χ4v) is 0.705. The van der Waals surface area contributed by atoms with E-state index in [0.717, 1.165) is 0 Å². The number of aliphatic hydroxyl groups is 1. The molecule has 0 aromatic rings. The first kappa shape index (κ1) is 9.39. The zero-order chi connectivity index (χ0) is 8.20. The first-order valence-corrected chi connectivity index (χ1v) is 3.34. The summed E-state index contributed by atoms with van der Waals surface area (Å²) in [5.74, 6) is 4.33. The highest BCUT2D eigenvalue weighted by molar-refractivity contribution is 5.84. The molecule has 0 saturated heterocycles. The summed E-state index contributed by atoms with van der Waals surface area (Å²) in [7, 11) is 0. The van der Waals surface area contributed by atoms with Crippen LogP contribution in [0.1, 0.15) is 26.7 Å². The molecule has 4 heteroatoms. The summed E-state index contributed by atoms with van der Waals surface area (Å²) in [5.41, 5.74) is 0.635. The normalized spacial score (nSPS) is 11.2. The Morgan fingerprint density at radius 1 is 1.60 bits per heavy atom. The molecule has 4 N–H and O–H groups in total. The van der Waals surface area contributed by atoms with E-state index in [0.29, 0.717) is 12.8 Å². The van der Waals surface area contributed by atoms with Crippen molar-refractivity contribution in [3.8, 4) is 0 Å². The zero-order valence-corrected chi connectivity index (χ0v) is 6.35. The maximum atomic E-state index is 10.8. The van der Waals surface area contributed by atoms with Crippen LogP contribution in [-0.4, -0.2) is 16.6 Å². The molecule has 0 saturated carbocycles. The SMILES string of the molecule is CCC(O)(CC)C(=O)NN. The topological polar surface area (TPSA) is 75.3 Å². The Morgan fingerprint density at radius 2 is 2.00 bits per heavy atom. The molecule has 0 aliphatic carbocycles. The predicted molar refractivity (Wildman–Crippen MR) is 37.9 cm³/mol. The number of hydrazine groups is 1. The van der Waals surface area contributed by atoms with Gasteiger partial charge in [0.1, 0.15) is 5.60 Å². The van der Waals surface area contributed by atoms with E-state index in [1.807, 2.05) is 5.43 Å². The highest BCUT2D eigenvalue weighted by Crippen LogP contribution is 2.13. The van der Waals surface area contributed by atoms with E-state index in [1.165, 1.54) is 0 Å². The second kappa shape index (κ2) is 3.53. The van der Waals surface area contributed by atoms with Crippen LogP contribution in [0, 0.1) is 0 Å². The molecule has 0 aromatic heterocycles. The number of hydrogen-bond donors (Lipinski definition) is 3. The van der Waals surface area contributed by atoms with E-state index < -0.39 is 11.5 Å². The lowest BCUT2D eigenvalue weighted by Gasteiger charge is -2.21. The van der Waals surface area contributed by atoms with Gasteiger partial charge in [-0.05, 0) is 12.8 Å². The summed E-state index contributed by atoms with van der Waals surface area (Å²) in [6, 6.07) is 0. The van der Waals surface area contributed by atoms with Crippen molar-refractivity contribution in [2.45, 2.75) is 32.3 Å². The molecule has 0 rings (SSSR count). The summed E-state index contributed by atoms with van der Waals surface area (Å²) < 4.78 is 0. The van der Waals surface area contributed by atoms with Gasteiger partial charge in [0.15, 0.2) is 0 Å². The summed E-state index contributed by atoms with van der Waals surface area (Å²) in [4.78, 5) is 10.8. The van der Waals surface area contributed by atoms with E-state index in [4.69, 9.17) is 5.84 Å². The van der Waals surface area contributed by atoms with Crippen LogP contribution in [-0.2, 0) is 4.79 Å². The van der Waals surface area contributed by atoms with E-state index in [9.17, 15) is 9.90 Å². The maximum Gasteiger partial charge on any atom is 0.265 e. The summed E-state index contributed by atoms with van der Waals surface area (Å²) >= 11 is 0.